The average molecular weight is 514 g/mol. The van der Waals surface area contributed by atoms with E-state index in [1.807, 2.05) is 50.2 Å². The molecule has 4 rings (SSSR count). The van der Waals surface area contributed by atoms with Crippen molar-refractivity contribution in [3.63, 3.8) is 0 Å². The molecule has 198 valence electrons. The smallest absolute Gasteiger partial charge is 0.281 e. The van der Waals surface area contributed by atoms with E-state index in [4.69, 9.17) is 14.3 Å². The van der Waals surface area contributed by atoms with Gasteiger partial charge in [0.1, 0.15) is 36.7 Å². The zero-order chi connectivity index (χ0) is 26.7. The molecule has 2 aliphatic rings. The Morgan fingerprint density at radius 1 is 1.16 bits per heavy atom. The van der Waals surface area contributed by atoms with Crippen LogP contribution in [0.1, 0.15) is 23.6 Å². The molecule has 5 atom stereocenters. The molecule has 2 heterocycles. The van der Waals surface area contributed by atoms with Crippen molar-refractivity contribution in [2.75, 3.05) is 24.7 Å². The van der Waals surface area contributed by atoms with Crippen molar-refractivity contribution in [2.45, 2.75) is 51.4 Å². The third kappa shape index (κ3) is 5.59. The number of nitrogens with one attached hydrogen (secondary N) is 1. The van der Waals surface area contributed by atoms with Crippen LogP contribution in [0.25, 0.3) is 0 Å². The fourth-order valence-corrected chi connectivity index (χ4v) is 4.37. The molecule has 0 spiro atoms. The quantitative estimate of drug-likeness (QED) is 0.371. The number of amides is 2. The number of ether oxygens (including phenoxy) is 2. The molecule has 0 saturated carbocycles. The Labute approximate surface area is 214 Å². The third-order valence-electron chi connectivity index (χ3n) is 6.31. The van der Waals surface area contributed by atoms with E-state index in [1.165, 1.54) is 11.8 Å². The van der Waals surface area contributed by atoms with Crippen LogP contribution < -0.4 is 15.0 Å². The van der Waals surface area contributed by atoms with E-state index in [0.717, 1.165) is 16.9 Å². The van der Waals surface area contributed by atoms with Gasteiger partial charge in [0.05, 0.1) is 18.8 Å². The Kier molecular flexibility index (Phi) is 8.08. The van der Waals surface area contributed by atoms with Gasteiger partial charge in [-0.15, -0.1) is 0 Å². The van der Waals surface area contributed by atoms with Crippen molar-refractivity contribution < 1.29 is 39.2 Å². The van der Waals surface area contributed by atoms with Crippen molar-refractivity contribution in [1.29, 1.82) is 0 Å². The topological polar surface area (TPSA) is 150 Å². The summed E-state index contributed by atoms with van der Waals surface area (Å²) >= 11 is 0. The number of hydrogen-bond donors (Lipinski definition) is 4. The van der Waals surface area contributed by atoms with E-state index in [2.05, 4.69) is 10.5 Å². The second kappa shape index (κ2) is 11.3. The van der Waals surface area contributed by atoms with Crippen LogP contribution in [-0.4, -0.2) is 83.2 Å². The molecular weight excluding hydrogens is 482 g/mol. The summed E-state index contributed by atoms with van der Waals surface area (Å²) in [5.41, 5.74) is 3.09. The van der Waals surface area contributed by atoms with Gasteiger partial charge in [-0.2, -0.15) is 0 Å². The standard InChI is InChI=1S/C26H31N3O8/c1-14-8-9-18-17(12-14)21(25(34)29(18)10-11-35-19-7-5-4-6-15(19)2)28-37-26-22(27-16(3)31)24(33)23(32)20(13-30)36-26/h4-9,12,20,22-24,26,30,32-33H,10-11,13H2,1-3H3,(H,27,31)/b28-21-/t20-,22+,23-,24+,26+/m1/s1. The molecule has 0 unspecified atom stereocenters. The molecule has 0 aromatic heterocycles. The van der Waals surface area contributed by atoms with Crippen molar-refractivity contribution in [1.82, 2.24) is 5.32 Å². The number of rotatable bonds is 8. The van der Waals surface area contributed by atoms with Crippen LogP contribution in [0.15, 0.2) is 47.6 Å². The van der Waals surface area contributed by atoms with Gasteiger partial charge in [-0.3, -0.25) is 9.59 Å². The number of aryl methyl sites for hydroxylation is 2. The lowest BCUT2D eigenvalue weighted by Crippen LogP contribution is -2.64. The lowest BCUT2D eigenvalue weighted by Gasteiger charge is -2.40. The molecule has 11 heteroatoms. The van der Waals surface area contributed by atoms with Gasteiger partial charge in [-0.05, 0) is 37.6 Å². The number of benzene rings is 2. The minimum atomic E-state index is -1.50. The zero-order valence-electron chi connectivity index (χ0n) is 20.8. The Bertz CT molecular complexity index is 1190. The molecule has 2 aromatic rings. The van der Waals surface area contributed by atoms with Crippen LogP contribution >= 0.6 is 0 Å². The van der Waals surface area contributed by atoms with Crippen molar-refractivity contribution in [3.8, 4) is 5.75 Å². The Morgan fingerprint density at radius 2 is 1.92 bits per heavy atom. The number of para-hydroxylation sites is 1. The van der Waals surface area contributed by atoms with Crippen LogP contribution in [0, 0.1) is 13.8 Å². The van der Waals surface area contributed by atoms with E-state index in [-0.39, 0.29) is 18.9 Å². The molecule has 0 bridgehead atoms. The number of aliphatic hydroxyl groups is 3. The monoisotopic (exact) mass is 513 g/mol. The minimum absolute atomic E-state index is 0.0147. The fourth-order valence-electron chi connectivity index (χ4n) is 4.37. The normalized spacial score (nSPS) is 26.2. The Balaban J connectivity index is 1.55. The summed E-state index contributed by atoms with van der Waals surface area (Å²) in [5.74, 6) is -0.186. The number of oxime groups is 1. The SMILES string of the molecule is CC(=O)N[C@@H]1[C@H](O/N=C2\C(=O)N(CCOc3ccccc3C)c3ccc(C)cc32)O[C@H](CO)[C@@H](O)[C@H]1O. The summed E-state index contributed by atoms with van der Waals surface area (Å²) in [6.07, 6.45) is -5.50. The lowest BCUT2D eigenvalue weighted by molar-refractivity contribution is -0.270. The van der Waals surface area contributed by atoms with E-state index >= 15 is 0 Å². The summed E-state index contributed by atoms with van der Waals surface area (Å²) in [4.78, 5) is 32.1. The predicted octanol–water partition coefficient (Wildman–Crippen LogP) is 0.393. The number of carbonyl (C=O) groups excluding carboxylic acids is 2. The Hall–Kier alpha value is -3.51. The van der Waals surface area contributed by atoms with Crippen LogP contribution in [0.2, 0.25) is 0 Å². The summed E-state index contributed by atoms with van der Waals surface area (Å²) in [6, 6.07) is 11.9. The molecule has 0 radical (unpaired) electrons. The lowest BCUT2D eigenvalue weighted by atomic mass is 9.97. The van der Waals surface area contributed by atoms with Gasteiger partial charge in [0.25, 0.3) is 5.91 Å². The molecule has 0 aliphatic carbocycles. The molecular formula is C26H31N3O8. The fraction of sp³-hybridized carbons (Fsp3) is 0.423. The third-order valence-corrected chi connectivity index (χ3v) is 6.31. The van der Waals surface area contributed by atoms with Gasteiger partial charge in [-0.1, -0.05) is 35.0 Å². The highest BCUT2D eigenvalue weighted by Gasteiger charge is 2.46. The van der Waals surface area contributed by atoms with Crippen LogP contribution in [0.4, 0.5) is 5.69 Å². The van der Waals surface area contributed by atoms with Gasteiger partial charge < -0.3 is 39.8 Å². The van der Waals surface area contributed by atoms with Gasteiger partial charge in [0, 0.05) is 12.5 Å². The second-order valence-corrected chi connectivity index (χ2v) is 9.07. The maximum Gasteiger partial charge on any atom is 0.281 e. The first-order valence-corrected chi connectivity index (χ1v) is 12.0. The van der Waals surface area contributed by atoms with E-state index in [0.29, 0.717) is 11.3 Å². The highest BCUT2D eigenvalue weighted by atomic mass is 16.8. The largest absolute Gasteiger partial charge is 0.491 e. The van der Waals surface area contributed by atoms with Crippen LogP contribution in [-0.2, 0) is 19.2 Å². The van der Waals surface area contributed by atoms with E-state index < -0.39 is 49.1 Å². The molecule has 2 amide bonds. The maximum absolute atomic E-state index is 13.4. The highest BCUT2D eigenvalue weighted by Crippen LogP contribution is 2.31. The summed E-state index contributed by atoms with van der Waals surface area (Å²) in [7, 11) is 0. The number of aliphatic hydroxyl groups excluding tert-OH is 3. The maximum atomic E-state index is 13.4. The molecule has 1 saturated heterocycles. The first-order chi connectivity index (χ1) is 17.7. The zero-order valence-corrected chi connectivity index (χ0v) is 20.8. The number of carbonyl (C=O) groups is 2. The number of anilines is 1. The minimum Gasteiger partial charge on any atom is -0.491 e. The van der Waals surface area contributed by atoms with Crippen molar-refractivity contribution >= 4 is 23.2 Å². The average Bonchev–Trinajstić information content (AvgIpc) is 3.12. The molecule has 1 fully saturated rings. The molecule has 4 N–H and O–H groups in total. The van der Waals surface area contributed by atoms with E-state index in [1.54, 1.807) is 6.07 Å². The number of nitrogens with zero attached hydrogens (tertiary/aromatic N) is 2. The van der Waals surface area contributed by atoms with Gasteiger partial charge in [0.2, 0.25) is 12.2 Å². The first-order valence-electron chi connectivity index (χ1n) is 12.0. The summed E-state index contributed by atoms with van der Waals surface area (Å²) < 4.78 is 11.4. The number of hydrogen-bond acceptors (Lipinski definition) is 9. The van der Waals surface area contributed by atoms with Gasteiger partial charge in [-0.25, -0.2) is 0 Å². The summed E-state index contributed by atoms with van der Waals surface area (Å²) in [5, 5.41) is 36.7. The van der Waals surface area contributed by atoms with Crippen molar-refractivity contribution in [3.05, 3.63) is 59.2 Å². The molecule has 37 heavy (non-hydrogen) atoms. The summed E-state index contributed by atoms with van der Waals surface area (Å²) in [6.45, 7) is 4.96. The van der Waals surface area contributed by atoms with Gasteiger partial charge in [0.15, 0.2) is 5.71 Å². The van der Waals surface area contributed by atoms with E-state index in [9.17, 15) is 24.9 Å². The second-order valence-electron chi connectivity index (χ2n) is 9.07. The molecule has 2 aliphatic heterocycles. The van der Waals surface area contributed by atoms with Crippen LogP contribution in [0.5, 0.6) is 5.75 Å². The Morgan fingerprint density at radius 3 is 2.62 bits per heavy atom. The van der Waals surface area contributed by atoms with Gasteiger partial charge >= 0.3 is 0 Å². The first kappa shape index (κ1) is 26.6. The molecule has 2 aromatic carbocycles. The molecule has 11 nitrogen and oxygen atoms in total. The highest BCUT2D eigenvalue weighted by molar-refractivity contribution is 6.54. The predicted molar refractivity (Wildman–Crippen MR) is 133 cm³/mol. The van der Waals surface area contributed by atoms with Crippen LogP contribution in [0.3, 0.4) is 0 Å². The number of fused-ring (bicyclic) bond motifs is 1. The van der Waals surface area contributed by atoms with Crippen molar-refractivity contribution in [2.24, 2.45) is 5.16 Å².